The van der Waals surface area contributed by atoms with Crippen molar-refractivity contribution in [2.24, 2.45) is 5.92 Å². The maximum Gasteiger partial charge on any atom is 0.257 e. The fraction of sp³-hybridized carbons (Fsp3) is 0.389. The van der Waals surface area contributed by atoms with Crippen LogP contribution in [0.25, 0.3) is 0 Å². The van der Waals surface area contributed by atoms with E-state index in [1.54, 1.807) is 12.4 Å². The second kappa shape index (κ2) is 8.29. The molecule has 0 bridgehead atoms. The van der Waals surface area contributed by atoms with E-state index in [0.29, 0.717) is 18.2 Å². The number of benzene rings is 1. The molecule has 3 rings (SSSR count). The first-order valence-corrected chi connectivity index (χ1v) is 8.28. The molecule has 1 saturated heterocycles. The maximum absolute atomic E-state index is 11.9. The molecule has 2 aromatic rings. The van der Waals surface area contributed by atoms with Crippen LogP contribution in [0.3, 0.4) is 0 Å². The van der Waals surface area contributed by atoms with Crippen molar-refractivity contribution in [1.82, 2.24) is 15.3 Å². The molecule has 1 aromatic carbocycles. The van der Waals surface area contributed by atoms with Crippen LogP contribution in [-0.2, 0) is 4.79 Å². The summed E-state index contributed by atoms with van der Waals surface area (Å²) in [4.78, 5) is 22.6. The van der Waals surface area contributed by atoms with Crippen molar-refractivity contribution in [3.63, 3.8) is 0 Å². The van der Waals surface area contributed by atoms with Gasteiger partial charge in [-0.05, 0) is 37.0 Å². The van der Waals surface area contributed by atoms with Gasteiger partial charge in [-0.2, -0.15) is 0 Å². The minimum atomic E-state index is -0.0762. The largest absolute Gasteiger partial charge is 0.484 e. The predicted molar refractivity (Wildman–Crippen MR) is 91.9 cm³/mol. The normalized spacial score (nSPS) is 15.1. The number of nitrogens with zero attached hydrogens (tertiary/aromatic N) is 3. The van der Waals surface area contributed by atoms with E-state index in [9.17, 15) is 4.79 Å². The smallest absolute Gasteiger partial charge is 0.257 e. The standard InChI is InChI=1S/C18H22N4O2/c23-17(14-24-16-5-2-1-3-6-16)21-13-15-7-11-22(12-8-15)18-19-9-4-10-20-18/h1-6,9-10,15H,7-8,11-14H2,(H,21,23). The number of amides is 1. The quantitative estimate of drug-likeness (QED) is 0.878. The summed E-state index contributed by atoms with van der Waals surface area (Å²) in [5.74, 6) is 1.92. The molecule has 1 amide bonds. The van der Waals surface area contributed by atoms with E-state index in [1.807, 2.05) is 36.4 Å². The van der Waals surface area contributed by atoms with Crippen molar-refractivity contribution in [2.75, 3.05) is 31.1 Å². The van der Waals surface area contributed by atoms with Crippen LogP contribution in [-0.4, -0.2) is 42.1 Å². The highest BCUT2D eigenvalue weighted by atomic mass is 16.5. The highest BCUT2D eigenvalue weighted by molar-refractivity contribution is 5.77. The van der Waals surface area contributed by atoms with E-state index in [4.69, 9.17) is 4.74 Å². The molecule has 0 radical (unpaired) electrons. The monoisotopic (exact) mass is 326 g/mol. The van der Waals surface area contributed by atoms with Crippen molar-refractivity contribution < 1.29 is 9.53 Å². The van der Waals surface area contributed by atoms with Crippen LogP contribution in [0.5, 0.6) is 5.75 Å². The van der Waals surface area contributed by atoms with Crippen LogP contribution in [0.2, 0.25) is 0 Å². The Morgan fingerprint density at radius 3 is 2.54 bits per heavy atom. The number of anilines is 1. The van der Waals surface area contributed by atoms with Gasteiger partial charge in [-0.25, -0.2) is 9.97 Å². The Labute approximate surface area is 141 Å². The number of nitrogens with one attached hydrogen (secondary N) is 1. The summed E-state index contributed by atoms with van der Waals surface area (Å²) in [7, 11) is 0. The van der Waals surface area contributed by atoms with Crippen LogP contribution in [0.15, 0.2) is 48.8 Å². The number of para-hydroxylation sites is 1. The lowest BCUT2D eigenvalue weighted by Gasteiger charge is -2.31. The second-order valence-electron chi connectivity index (χ2n) is 5.89. The van der Waals surface area contributed by atoms with Crippen LogP contribution < -0.4 is 15.0 Å². The first-order valence-electron chi connectivity index (χ1n) is 8.28. The van der Waals surface area contributed by atoms with Crippen molar-refractivity contribution in [3.05, 3.63) is 48.8 Å². The molecule has 0 unspecified atom stereocenters. The molecule has 0 spiro atoms. The summed E-state index contributed by atoms with van der Waals surface area (Å²) >= 11 is 0. The number of carbonyl (C=O) groups is 1. The van der Waals surface area contributed by atoms with Gasteiger partial charge in [-0.3, -0.25) is 4.79 Å². The van der Waals surface area contributed by atoms with Crippen LogP contribution in [0.1, 0.15) is 12.8 Å². The third-order valence-corrected chi connectivity index (χ3v) is 4.15. The molecular weight excluding hydrogens is 304 g/mol. The average molecular weight is 326 g/mol. The molecule has 6 heteroatoms. The van der Waals surface area contributed by atoms with Crippen LogP contribution >= 0.6 is 0 Å². The Hall–Kier alpha value is -2.63. The zero-order valence-electron chi connectivity index (χ0n) is 13.6. The number of piperidine rings is 1. The number of carbonyl (C=O) groups excluding carboxylic acids is 1. The molecule has 0 saturated carbocycles. The summed E-state index contributed by atoms with van der Waals surface area (Å²) in [6.07, 6.45) is 5.58. The number of rotatable bonds is 6. The first kappa shape index (κ1) is 16.2. The Morgan fingerprint density at radius 2 is 1.83 bits per heavy atom. The zero-order valence-corrected chi connectivity index (χ0v) is 13.6. The third kappa shape index (κ3) is 4.68. The molecule has 1 aliphatic heterocycles. The lowest BCUT2D eigenvalue weighted by Crippen LogP contribution is -2.40. The number of aromatic nitrogens is 2. The minimum absolute atomic E-state index is 0.0563. The van der Waals surface area contributed by atoms with E-state index >= 15 is 0 Å². The molecule has 126 valence electrons. The summed E-state index contributed by atoms with van der Waals surface area (Å²) in [6, 6.07) is 11.2. The maximum atomic E-state index is 11.9. The van der Waals surface area contributed by atoms with Gasteiger partial charge < -0.3 is 15.0 Å². The highest BCUT2D eigenvalue weighted by Crippen LogP contribution is 2.19. The summed E-state index contributed by atoms with van der Waals surface area (Å²) in [5.41, 5.74) is 0. The zero-order chi connectivity index (χ0) is 16.6. The van der Waals surface area contributed by atoms with E-state index in [1.165, 1.54) is 0 Å². The second-order valence-corrected chi connectivity index (χ2v) is 5.89. The van der Waals surface area contributed by atoms with Gasteiger partial charge in [0.2, 0.25) is 5.95 Å². The molecular formula is C18H22N4O2. The van der Waals surface area contributed by atoms with E-state index in [2.05, 4.69) is 20.2 Å². The third-order valence-electron chi connectivity index (χ3n) is 4.15. The number of hydrogen-bond donors (Lipinski definition) is 1. The molecule has 1 aliphatic rings. The SMILES string of the molecule is O=C(COc1ccccc1)NCC1CCN(c2ncccn2)CC1. The summed E-state index contributed by atoms with van der Waals surface area (Å²) in [6.45, 7) is 2.59. The Morgan fingerprint density at radius 1 is 1.12 bits per heavy atom. The molecule has 0 aliphatic carbocycles. The first-order chi connectivity index (χ1) is 11.8. The minimum Gasteiger partial charge on any atom is -0.484 e. The van der Waals surface area contributed by atoms with Gasteiger partial charge in [0.1, 0.15) is 5.75 Å². The van der Waals surface area contributed by atoms with E-state index in [-0.39, 0.29) is 12.5 Å². The van der Waals surface area contributed by atoms with Crippen LogP contribution in [0.4, 0.5) is 5.95 Å². The van der Waals surface area contributed by atoms with E-state index in [0.717, 1.165) is 31.9 Å². The van der Waals surface area contributed by atoms with Gasteiger partial charge in [-0.1, -0.05) is 18.2 Å². The lowest BCUT2D eigenvalue weighted by molar-refractivity contribution is -0.123. The van der Waals surface area contributed by atoms with Gasteiger partial charge in [-0.15, -0.1) is 0 Å². The summed E-state index contributed by atoms with van der Waals surface area (Å²) in [5, 5.41) is 2.96. The molecule has 24 heavy (non-hydrogen) atoms. The fourth-order valence-electron chi connectivity index (χ4n) is 2.77. The fourth-order valence-corrected chi connectivity index (χ4v) is 2.77. The molecule has 1 N–H and O–H groups in total. The van der Waals surface area contributed by atoms with Gasteiger partial charge in [0.25, 0.3) is 5.91 Å². The molecule has 2 heterocycles. The lowest BCUT2D eigenvalue weighted by atomic mass is 9.97. The average Bonchev–Trinajstić information content (AvgIpc) is 2.67. The molecule has 0 atom stereocenters. The van der Waals surface area contributed by atoms with Gasteiger partial charge >= 0.3 is 0 Å². The Bertz CT molecular complexity index is 628. The van der Waals surface area contributed by atoms with Crippen molar-refractivity contribution in [1.29, 1.82) is 0 Å². The highest BCUT2D eigenvalue weighted by Gasteiger charge is 2.21. The van der Waals surface area contributed by atoms with Gasteiger partial charge in [0.05, 0.1) is 0 Å². The topological polar surface area (TPSA) is 67.3 Å². The van der Waals surface area contributed by atoms with Gasteiger partial charge in [0, 0.05) is 32.0 Å². The Kier molecular flexibility index (Phi) is 5.61. The predicted octanol–water partition coefficient (Wildman–Crippen LogP) is 1.89. The van der Waals surface area contributed by atoms with Crippen molar-refractivity contribution >= 4 is 11.9 Å². The van der Waals surface area contributed by atoms with Gasteiger partial charge in [0.15, 0.2) is 6.61 Å². The van der Waals surface area contributed by atoms with Crippen molar-refractivity contribution in [3.8, 4) is 5.75 Å². The molecule has 1 aromatic heterocycles. The van der Waals surface area contributed by atoms with Crippen LogP contribution in [0, 0.1) is 5.92 Å². The van der Waals surface area contributed by atoms with E-state index < -0.39 is 0 Å². The molecule has 6 nitrogen and oxygen atoms in total. The van der Waals surface area contributed by atoms with Crippen molar-refractivity contribution in [2.45, 2.75) is 12.8 Å². The number of hydrogen-bond acceptors (Lipinski definition) is 5. The molecule has 1 fully saturated rings. The number of ether oxygens (including phenoxy) is 1. The summed E-state index contributed by atoms with van der Waals surface area (Å²) < 4.78 is 5.45. The Balaban J connectivity index is 1.35.